The number of nitrogens with one attached hydrogen (secondary N) is 1. The fourth-order valence-corrected chi connectivity index (χ4v) is 3.21. The van der Waals surface area contributed by atoms with E-state index >= 15 is 0 Å². The van der Waals surface area contributed by atoms with Gasteiger partial charge in [-0.15, -0.1) is 0 Å². The van der Waals surface area contributed by atoms with Gasteiger partial charge < -0.3 is 15.8 Å². The Bertz CT molecular complexity index is 799. The molecule has 6 nitrogen and oxygen atoms in total. The predicted octanol–water partition coefficient (Wildman–Crippen LogP) is 2.07. The molecule has 0 spiro atoms. The summed E-state index contributed by atoms with van der Waals surface area (Å²) in [5.74, 6) is 0.0618. The molecule has 0 atom stereocenters. The number of carbonyl (C=O) groups is 1. The van der Waals surface area contributed by atoms with E-state index in [2.05, 4.69) is 5.32 Å². The maximum Gasteiger partial charge on any atom is 0.221 e. The number of anilines is 2. The summed E-state index contributed by atoms with van der Waals surface area (Å²) in [4.78, 5) is 11.4. The second kappa shape index (κ2) is 6.07. The van der Waals surface area contributed by atoms with Crippen LogP contribution in [0, 0.1) is 0 Å². The molecule has 0 saturated heterocycles. The van der Waals surface area contributed by atoms with Crippen LogP contribution < -0.4 is 15.8 Å². The van der Waals surface area contributed by atoms with Gasteiger partial charge in [0.2, 0.25) is 15.7 Å². The highest BCUT2D eigenvalue weighted by Crippen LogP contribution is 2.30. The molecule has 2 rings (SSSR count). The number of amides is 1. The summed E-state index contributed by atoms with van der Waals surface area (Å²) in [5.41, 5.74) is 6.34. The minimum Gasteiger partial charge on any atom is -0.495 e. The van der Waals surface area contributed by atoms with Crippen LogP contribution in [0.1, 0.15) is 6.92 Å². The van der Waals surface area contributed by atoms with Crippen LogP contribution in [0.5, 0.6) is 5.75 Å². The zero-order valence-electron chi connectivity index (χ0n) is 12.2. The van der Waals surface area contributed by atoms with Crippen LogP contribution in [0.3, 0.4) is 0 Å². The van der Waals surface area contributed by atoms with Gasteiger partial charge in [-0.05, 0) is 42.5 Å². The lowest BCUT2D eigenvalue weighted by Crippen LogP contribution is -2.09. The second-order valence-electron chi connectivity index (χ2n) is 4.62. The zero-order valence-corrected chi connectivity index (χ0v) is 13.0. The summed E-state index contributed by atoms with van der Waals surface area (Å²) in [7, 11) is -2.26. The van der Waals surface area contributed by atoms with Gasteiger partial charge in [-0.1, -0.05) is 0 Å². The van der Waals surface area contributed by atoms with Gasteiger partial charge in [0.15, 0.2) is 0 Å². The summed E-state index contributed by atoms with van der Waals surface area (Å²) >= 11 is 0. The third-order valence-corrected chi connectivity index (χ3v) is 4.75. The van der Waals surface area contributed by atoms with Gasteiger partial charge in [0.25, 0.3) is 0 Å². The van der Waals surface area contributed by atoms with Crippen molar-refractivity contribution in [3.63, 3.8) is 0 Å². The Morgan fingerprint density at radius 1 is 1.09 bits per heavy atom. The van der Waals surface area contributed by atoms with E-state index in [1.54, 1.807) is 0 Å². The van der Waals surface area contributed by atoms with Crippen molar-refractivity contribution in [2.75, 3.05) is 18.2 Å². The first-order chi connectivity index (χ1) is 10.3. The van der Waals surface area contributed by atoms with Crippen LogP contribution in [0.25, 0.3) is 0 Å². The smallest absolute Gasteiger partial charge is 0.221 e. The SMILES string of the molecule is COc1ccc(S(=O)(=O)c2ccc(N)cc2)cc1NC(C)=O. The highest BCUT2D eigenvalue weighted by Gasteiger charge is 2.19. The van der Waals surface area contributed by atoms with E-state index in [4.69, 9.17) is 10.5 Å². The number of methoxy groups -OCH3 is 1. The van der Waals surface area contributed by atoms with Crippen LogP contribution in [-0.2, 0) is 14.6 Å². The number of rotatable bonds is 4. The van der Waals surface area contributed by atoms with Gasteiger partial charge in [0.1, 0.15) is 5.75 Å². The molecule has 0 aromatic heterocycles. The fraction of sp³-hybridized carbons (Fsp3) is 0.133. The van der Waals surface area contributed by atoms with Gasteiger partial charge >= 0.3 is 0 Å². The molecule has 0 saturated carbocycles. The number of ether oxygens (including phenoxy) is 1. The third-order valence-electron chi connectivity index (χ3n) is 2.98. The Morgan fingerprint density at radius 3 is 2.23 bits per heavy atom. The molecule has 0 aliphatic carbocycles. The number of sulfone groups is 1. The van der Waals surface area contributed by atoms with Crippen molar-refractivity contribution in [1.82, 2.24) is 0 Å². The highest BCUT2D eigenvalue weighted by atomic mass is 32.2. The molecule has 0 heterocycles. The normalized spacial score (nSPS) is 11.0. The Kier molecular flexibility index (Phi) is 4.37. The van der Waals surface area contributed by atoms with Crippen LogP contribution >= 0.6 is 0 Å². The van der Waals surface area contributed by atoms with Gasteiger partial charge in [-0.3, -0.25) is 4.79 Å². The monoisotopic (exact) mass is 320 g/mol. The van der Waals surface area contributed by atoms with Crippen molar-refractivity contribution >= 4 is 27.1 Å². The zero-order chi connectivity index (χ0) is 16.3. The molecular weight excluding hydrogens is 304 g/mol. The molecule has 0 aliphatic heterocycles. The maximum absolute atomic E-state index is 12.6. The van der Waals surface area contributed by atoms with Gasteiger partial charge in [0.05, 0.1) is 22.6 Å². The van der Waals surface area contributed by atoms with Crippen molar-refractivity contribution in [1.29, 1.82) is 0 Å². The standard InChI is InChI=1S/C15H16N2O4S/c1-10(18)17-14-9-13(7-8-15(14)21-2)22(19,20)12-5-3-11(16)4-6-12/h3-9H,16H2,1-2H3,(H,17,18). The first-order valence-electron chi connectivity index (χ1n) is 6.41. The number of benzene rings is 2. The molecular formula is C15H16N2O4S. The molecule has 0 fully saturated rings. The minimum atomic E-state index is -3.70. The summed E-state index contributed by atoms with van der Waals surface area (Å²) in [5, 5.41) is 2.55. The summed E-state index contributed by atoms with van der Waals surface area (Å²) in [6, 6.07) is 10.2. The number of hydrogen-bond donors (Lipinski definition) is 2. The highest BCUT2D eigenvalue weighted by molar-refractivity contribution is 7.91. The Hall–Kier alpha value is -2.54. The lowest BCUT2D eigenvalue weighted by Gasteiger charge is -2.11. The molecule has 1 amide bonds. The van der Waals surface area contributed by atoms with E-state index < -0.39 is 9.84 Å². The van der Waals surface area contributed by atoms with Crippen molar-refractivity contribution in [2.45, 2.75) is 16.7 Å². The topological polar surface area (TPSA) is 98.5 Å². The van der Waals surface area contributed by atoms with Crippen molar-refractivity contribution in [3.8, 4) is 5.75 Å². The van der Waals surface area contributed by atoms with Crippen LogP contribution in [-0.4, -0.2) is 21.4 Å². The van der Waals surface area contributed by atoms with Crippen molar-refractivity contribution in [2.24, 2.45) is 0 Å². The first kappa shape index (κ1) is 15.8. The molecule has 0 radical (unpaired) electrons. The molecule has 2 aromatic rings. The number of hydrogen-bond acceptors (Lipinski definition) is 5. The number of carbonyl (C=O) groups excluding carboxylic acids is 1. The summed E-state index contributed by atoms with van der Waals surface area (Å²) < 4.78 is 30.3. The minimum absolute atomic E-state index is 0.0572. The largest absolute Gasteiger partial charge is 0.495 e. The van der Waals surface area contributed by atoms with Crippen molar-refractivity contribution < 1.29 is 17.9 Å². The Morgan fingerprint density at radius 2 is 1.68 bits per heavy atom. The van der Waals surface area contributed by atoms with Crippen molar-refractivity contribution in [3.05, 3.63) is 42.5 Å². The Balaban J connectivity index is 2.51. The average Bonchev–Trinajstić information content (AvgIpc) is 2.47. The predicted molar refractivity (Wildman–Crippen MR) is 83.6 cm³/mol. The third kappa shape index (κ3) is 3.20. The lowest BCUT2D eigenvalue weighted by atomic mass is 10.3. The van der Waals surface area contributed by atoms with Gasteiger partial charge in [-0.2, -0.15) is 0 Å². The van der Waals surface area contributed by atoms with Gasteiger partial charge in [0, 0.05) is 12.6 Å². The molecule has 3 N–H and O–H groups in total. The molecule has 0 unspecified atom stereocenters. The molecule has 2 aromatic carbocycles. The molecule has 0 aliphatic rings. The molecule has 22 heavy (non-hydrogen) atoms. The van der Waals surface area contributed by atoms with Gasteiger partial charge in [-0.25, -0.2) is 8.42 Å². The van der Waals surface area contributed by atoms with E-state index in [1.807, 2.05) is 0 Å². The van der Waals surface area contributed by atoms with E-state index in [1.165, 1.54) is 56.5 Å². The quantitative estimate of drug-likeness (QED) is 0.840. The van der Waals surface area contributed by atoms with Crippen LogP contribution in [0.4, 0.5) is 11.4 Å². The number of nitrogen functional groups attached to an aromatic ring is 1. The molecule has 7 heteroatoms. The van der Waals surface area contributed by atoms with E-state index in [0.29, 0.717) is 17.1 Å². The van der Waals surface area contributed by atoms with Crippen LogP contribution in [0.15, 0.2) is 52.3 Å². The number of nitrogens with two attached hydrogens (primary N) is 1. The lowest BCUT2D eigenvalue weighted by molar-refractivity contribution is -0.114. The average molecular weight is 320 g/mol. The maximum atomic E-state index is 12.6. The summed E-state index contributed by atoms with van der Waals surface area (Å²) in [6.45, 7) is 1.33. The summed E-state index contributed by atoms with van der Waals surface area (Å²) in [6.07, 6.45) is 0. The fourth-order valence-electron chi connectivity index (χ4n) is 1.92. The van der Waals surface area contributed by atoms with E-state index in [0.717, 1.165) is 0 Å². The van der Waals surface area contributed by atoms with Crippen LogP contribution in [0.2, 0.25) is 0 Å². The van der Waals surface area contributed by atoms with E-state index in [-0.39, 0.29) is 15.7 Å². The second-order valence-corrected chi connectivity index (χ2v) is 6.57. The first-order valence-corrected chi connectivity index (χ1v) is 7.89. The molecule has 0 bridgehead atoms. The molecule has 116 valence electrons. The Labute approximate surface area is 128 Å². The van der Waals surface area contributed by atoms with E-state index in [9.17, 15) is 13.2 Å².